The molecule has 174 valence electrons. The first-order valence-corrected chi connectivity index (χ1v) is 11.6. The van der Waals surface area contributed by atoms with Gasteiger partial charge >= 0.3 is 0 Å². The molecule has 1 aliphatic heterocycles. The number of nitrogens with one attached hydrogen (secondary N) is 1. The Morgan fingerprint density at radius 2 is 2.22 bits per heavy atom. The zero-order valence-electron chi connectivity index (χ0n) is 19.0. The second-order valence-electron chi connectivity index (χ2n) is 8.81. The first kappa shape index (κ1) is 24.3. The van der Waals surface area contributed by atoms with E-state index >= 15 is 0 Å². The highest BCUT2D eigenvalue weighted by molar-refractivity contribution is 5.75. The summed E-state index contributed by atoms with van der Waals surface area (Å²) in [7, 11) is 0. The Morgan fingerprint density at radius 1 is 1.41 bits per heavy atom. The quantitative estimate of drug-likeness (QED) is 0.330. The zero-order valence-corrected chi connectivity index (χ0v) is 19.0. The van der Waals surface area contributed by atoms with Gasteiger partial charge in [-0.3, -0.25) is 4.79 Å². The van der Waals surface area contributed by atoms with Gasteiger partial charge in [-0.25, -0.2) is 0 Å². The van der Waals surface area contributed by atoms with Crippen LogP contribution in [0.4, 0.5) is 0 Å². The molecule has 2 aliphatic rings. The molecule has 1 aromatic rings. The van der Waals surface area contributed by atoms with Crippen molar-refractivity contribution in [2.45, 2.75) is 70.2 Å². The predicted octanol–water partition coefficient (Wildman–Crippen LogP) is 2.31. The minimum absolute atomic E-state index is 0.0290. The van der Waals surface area contributed by atoms with Crippen LogP contribution in [-0.4, -0.2) is 52.7 Å². The molecule has 0 aromatic heterocycles. The third-order valence-corrected chi connectivity index (χ3v) is 6.49. The smallest absolute Gasteiger partial charge is 0.220 e. The monoisotopic (exact) mass is 441 g/mol. The van der Waals surface area contributed by atoms with Gasteiger partial charge in [0.1, 0.15) is 11.9 Å². The molecule has 6 heteroatoms. The average molecular weight is 442 g/mol. The molecule has 3 rings (SSSR count). The normalized spacial score (nSPS) is 25.4. The minimum atomic E-state index is -0.604. The summed E-state index contributed by atoms with van der Waals surface area (Å²) in [6.45, 7) is 3.99. The van der Waals surface area contributed by atoms with Crippen LogP contribution in [0, 0.1) is 23.7 Å². The minimum Gasteiger partial charge on any atom is -0.489 e. The van der Waals surface area contributed by atoms with Gasteiger partial charge in [-0.2, -0.15) is 0 Å². The van der Waals surface area contributed by atoms with Crippen LogP contribution < -0.4 is 10.1 Å². The number of carbonyl (C=O) groups is 1. The molecule has 1 aromatic carbocycles. The number of aliphatic hydroxyl groups excluding tert-OH is 3. The number of rotatable bonds is 10. The first-order valence-electron chi connectivity index (χ1n) is 11.6. The summed E-state index contributed by atoms with van der Waals surface area (Å²) in [4.78, 5) is 11.8. The lowest BCUT2D eigenvalue weighted by molar-refractivity contribution is -0.121. The van der Waals surface area contributed by atoms with E-state index in [0.29, 0.717) is 25.7 Å². The predicted molar refractivity (Wildman–Crippen MR) is 123 cm³/mol. The van der Waals surface area contributed by atoms with Gasteiger partial charge in [0.15, 0.2) is 0 Å². The maximum Gasteiger partial charge on any atom is 0.220 e. The molecule has 6 nitrogen and oxygen atoms in total. The fourth-order valence-electron chi connectivity index (χ4n) is 4.70. The van der Waals surface area contributed by atoms with Crippen molar-refractivity contribution in [2.75, 3.05) is 13.2 Å². The van der Waals surface area contributed by atoms with Gasteiger partial charge < -0.3 is 25.4 Å². The second kappa shape index (κ2) is 11.5. The SMILES string of the molecule is CC#CC[C@@H](C)[C@H](O)/C=C/[C@@H]1[C@H]2c3cccc(CCCC(=O)NCCO)c3O[C@H]2C[C@H]1O. The lowest BCUT2D eigenvalue weighted by Gasteiger charge is -2.19. The lowest BCUT2D eigenvalue weighted by atomic mass is 9.86. The Kier molecular flexibility index (Phi) is 8.75. The van der Waals surface area contributed by atoms with Crippen LogP contribution in [0.25, 0.3) is 0 Å². The van der Waals surface area contributed by atoms with E-state index in [9.17, 15) is 15.0 Å². The van der Waals surface area contributed by atoms with Gasteiger partial charge in [0.25, 0.3) is 0 Å². The molecule has 0 saturated heterocycles. The number of fused-ring (bicyclic) bond motifs is 3. The molecule has 4 N–H and O–H groups in total. The Balaban J connectivity index is 1.67. The summed E-state index contributed by atoms with van der Waals surface area (Å²) >= 11 is 0. The second-order valence-corrected chi connectivity index (χ2v) is 8.81. The van der Waals surface area contributed by atoms with Crippen molar-refractivity contribution in [3.63, 3.8) is 0 Å². The van der Waals surface area contributed by atoms with Crippen LogP contribution in [-0.2, 0) is 11.2 Å². The number of carbonyl (C=O) groups excluding carboxylic acids is 1. The third kappa shape index (κ3) is 5.72. The van der Waals surface area contributed by atoms with E-state index in [0.717, 1.165) is 23.3 Å². The molecule has 1 amide bonds. The molecule has 0 bridgehead atoms. The van der Waals surface area contributed by atoms with E-state index in [1.807, 2.05) is 25.1 Å². The highest BCUT2D eigenvalue weighted by atomic mass is 16.5. The number of ether oxygens (including phenoxy) is 1. The van der Waals surface area contributed by atoms with Crippen molar-refractivity contribution in [3.8, 4) is 17.6 Å². The third-order valence-electron chi connectivity index (χ3n) is 6.49. The molecule has 1 fully saturated rings. The molecule has 6 atom stereocenters. The number of benzene rings is 1. The van der Waals surface area contributed by atoms with E-state index in [1.54, 1.807) is 13.0 Å². The fourth-order valence-corrected chi connectivity index (χ4v) is 4.70. The molecule has 1 heterocycles. The lowest BCUT2D eigenvalue weighted by Crippen LogP contribution is -2.26. The number of amides is 1. The molecular formula is C26H35NO5. The van der Waals surface area contributed by atoms with E-state index in [-0.39, 0.29) is 42.9 Å². The molecule has 0 spiro atoms. The standard InChI is InChI=1S/C26H35NO5/c1-3-4-7-17(2)21(29)13-12-19-22(30)16-23-25(19)20-10-5-8-18(26(20)32-23)9-6-11-24(31)27-14-15-28/h5,8,10,12-13,17,19,21-23,25,28-30H,6-7,9,11,14-16H2,1-2H3,(H,27,31)/b13-12+/t17-,19+,21-,22-,23+,25+/m1/s1. The molecule has 1 saturated carbocycles. The van der Waals surface area contributed by atoms with E-state index in [2.05, 4.69) is 23.2 Å². The van der Waals surface area contributed by atoms with Gasteiger partial charge in [-0.15, -0.1) is 11.8 Å². The molecule has 0 unspecified atom stereocenters. The maximum absolute atomic E-state index is 11.8. The average Bonchev–Trinajstić information content (AvgIpc) is 3.29. The summed E-state index contributed by atoms with van der Waals surface area (Å²) < 4.78 is 6.28. The molecular weight excluding hydrogens is 406 g/mol. The number of aliphatic hydroxyl groups is 3. The van der Waals surface area contributed by atoms with Gasteiger partial charge in [0.2, 0.25) is 5.91 Å². The Labute approximate surface area is 190 Å². The summed E-state index contributed by atoms with van der Waals surface area (Å²) in [5.41, 5.74) is 2.18. The van der Waals surface area contributed by atoms with E-state index in [1.165, 1.54) is 0 Å². The highest BCUT2D eigenvalue weighted by Gasteiger charge is 2.48. The van der Waals surface area contributed by atoms with Crippen LogP contribution in [0.1, 0.15) is 56.6 Å². The zero-order chi connectivity index (χ0) is 23.1. The number of hydrogen-bond donors (Lipinski definition) is 4. The topological polar surface area (TPSA) is 99.0 Å². The highest BCUT2D eigenvalue weighted by Crippen LogP contribution is 2.52. The van der Waals surface area contributed by atoms with Crippen molar-refractivity contribution in [1.82, 2.24) is 5.32 Å². The molecule has 1 aliphatic carbocycles. The summed E-state index contributed by atoms with van der Waals surface area (Å²) in [6.07, 6.45) is 5.58. The Morgan fingerprint density at radius 3 is 2.97 bits per heavy atom. The largest absolute Gasteiger partial charge is 0.489 e. The number of para-hydroxylation sites is 1. The number of hydrogen-bond acceptors (Lipinski definition) is 5. The van der Waals surface area contributed by atoms with E-state index in [4.69, 9.17) is 9.84 Å². The molecule has 0 radical (unpaired) electrons. The fraction of sp³-hybridized carbons (Fsp3) is 0.577. The van der Waals surface area contributed by atoms with Crippen molar-refractivity contribution in [2.24, 2.45) is 11.8 Å². The summed E-state index contributed by atoms with van der Waals surface area (Å²) in [5.74, 6) is 6.67. The van der Waals surface area contributed by atoms with Crippen LogP contribution in [0.3, 0.4) is 0 Å². The summed E-state index contributed by atoms with van der Waals surface area (Å²) in [6, 6.07) is 6.11. The first-order chi connectivity index (χ1) is 15.5. The van der Waals surface area contributed by atoms with Crippen molar-refractivity contribution in [1.29, 1.82) is 0 Å². The van der Waals surface area contributed by atoms with Gasteiger partial charge in [0.05, 0.1) is 18.8 Å². The van der Waals surface area contributed by atoms with Crippen molar-refractivity contribution >= 4 is 5.91 Å². The van der Waals surface area contributed by atoms with E-state index < -0.39 is 12.2 Å². The van der Waals surface area contributed by atoms with Crippen LogP contribution >= 0.6 is 0 Å². The van der Waals surface area contributed by atoms with Crippen molar-refractivity contribution in [3.05, 3.63) is 41.5 Å². The molecule has 32 heavy (non-hydrogen) atoms. The van der Waals surface area contributed by atoms with Crippen LogP contribution in [0.2, 0.25) is 0 Å². The van der Waals surface area contributed by atoms with Gasteiger partial charge in [-0.1, -0.05) is 37.3 Å². The van der Waals surface area contributed by atoms with Gasteiger partial charge in [-0.05, 0) is 31.2 Å². The van der Waals surface area contributed by atoms with Crippen molar-refractivity contribution < 1.29 is 24.9 Å². The van der Waals surface area contributed by atoms with Crippen LogP contribution in [0.15, 0.2) is 30.4 Å². The van der Waals surface area contributed by atoms with Crippen LogP contribution in [0.5, 0.6) is 5.75 Å². The maximum atomic E-state index is 11.8. The summed E-state index contributed by atoms with van der Waals surface area (Å²) in [5, 5.41) is 32.6. The Hall–Kier alpha value is -2.33. The number of aryl methyl sites for hydroxylation is 1. The Bertz CT molecular complexity index is 871. The van der Waals surface area contributed by atoms with Gasteiger partial charge in [0, 0.05) is 43.2 Å².